The number of carbonyl (C=O) groups excluding carboxylic acids is 3. The number of benzene rings is 3. The van der Waals surface area contributed by atoms with Gasteiger partial charge in [0.2, 0.25) is 5.91 Å². The highest BCUT2D eigenvalue weighted by Gasteiger charge is 2.54. The van der Waals surface area contributed by atoms with Gasteiger partial charge in [-0.3, -0.25) is 14.5 Å². The summed E-state index contributed by atoms with van der Waals surface area (Å²) in [6.45, 7) is -0.329. The molecule has 5 rings (SSSR count). The summed E-state index contributed by atoms with van der Waals surface area (Å²) >= 11 is 0. The molecule has 1 heterocycles. The average molecular weight is 440 g/mol. The van der Waals surface area contributed by atoms with Crippen molar-refractivity contribution in [3.8, 4) is 0 Å². The van der Waals surface area contributed by atoms with E-state index >= 15 is 0 Å². The minimum atomic E-state index is -1.08. The Kier molecular flexibility index (Phi) is 5.42. The number of carbonyl (C=O) groups is 3. The second kappa shape index (κ2) is 8.54. The fraction of sp³-hybridized carbons (Fsp3) is 0.222. The van der Waals surface area contributed by atoms with Gasteiger partial charge in [-0.1, -0.05) is 84.9 Å². The number of amides is 4. The van der Waals surface area contributed by atoms with E-state index in [1.54, 1.807) is 0 Å². The van der Waals surface area contributed by atoms with E-state index in [2.05, 4.69) is 10.6 Å². The van der Waals surface area contributed by atoms with E-state index in [1.165, 1.54) is 0 Å². The number of aryl methyl sites for hydroxylation is 1. The minimum Gasteiger partial charge on any atom is -0.344 e. The van der Waals surface area contributed by atoms with Gasteiger partial charge in [-0.25, -0.2) is 4.79 Å². The molecule has 2 aliphatic rings. The Hall–Kier alpha value is -3.93. The van der Waals surface area contributed by atoms with Crippen LogP contribution in [0.4, 0.5) is 4.79 Å². The van der Waals surface area contributed by atoms with Gasteiger partial charge < -0.3 is 10.6 Å². The smallest absolute Gasteiger partial charge is 0.325 e. The van der Waals surface area contributed by atoms with Gasteiger partial charge in [0.1, 0.15) is 12.1 Å². The van der Waals surface area contributed by atoms with Crippen molar-refractivity contribution in [3.63, 3.8) is 0 Å². The highest BCUT2D eigenvalue weighted by Crippen LogP contribution is 2.39. The van der Waals surface area contributed by atoms with E-state index in [1.807, 2.05) is 84.9 Å². The van der Waals surface area contributed by atoms with Gasteiger partial charge in [-0.15, -0.1) is 0 Å². The van der Waals surface area contributed by atoms with Crippen molar-refractivity contribution >= 4 is 17.8 Å². The van der Waals surface area contributed by atoms with Crippen LogP contribution in [-0.4, -0.2) is 29.3 Å². The van der Waals surface area contributed by atoms with E-state index in [0.717, 1.165) is 40.0 Å². The van der Waals surface area contributed by atoms with E-state index in [-0.39, 0.29) is 18.5 Å². The van der Waals surface area contributed by atoms with Crippen LogP contribution >= 0.6 is 0 Å². The number of fused-ring (bicyclic) bond motifs is 2. The molecule has 1 aliphatic carbocycles. The van der Waals surface area contributed by atoms with Crippen LogP contribution in [0, 0.1) is 0 Å². The maximum atomic E-state index is 13.5. The molecule has 3 aromatic carbocycles. The van der Waals surface area contributed by atoms with Crippen molar-refractivity contribution < 1.29 is 14.4 Å². The van der Waals surface area contributed by atoms with E-state index in [9.17, 15) is 14.4 Å². The molecule has 6 nitrogen and oxygen atoms in total. The first kappa shape index (κ1) is 20.9. The number of hydrogen-bond donors (Lipinski definition) is 2. The summed E-state index contributed by atoms with van der Waals surface area (Å²) in [7, 11) is 0. The van der Waals surface area contributed by atoms with Crippen molar-refractivity contribution in [1.82, 2.24) is 15.5 Å². The normalized spacial score (nSPS) is 19.5. The van der Waals surface area contributed by atoms with Crippen molar-refractivity contribution in [3.05, 3.63) is 107 Å². The zero-order valence-electron chi connectivity index (χ0n) is 18.2. The molecule has 1 atom stereocenters. The molecule has 1 spiro atoms. The van der Waals surface area contributed by atoms with Crippen LogP contribution in [0.15, 0.2) is 84.9 Å². The molecule has 166 valence electrons. The zero-order chi connectivity index (χ0) is 22.8. The number of hydrogen-bond acceptors (Lipinski definition) is 3. The molecule has 0 bridgehead atoms. The van der Waals surface area contributed by atoms with Gasteiger partial charge in [-0.2, -0.15) is 0 Å². The lowest BCUT2D eigenvalue weighted by molar-refractivity contribution is -0.135. The maximum Gasteiger partial charge on any atom is 0.325 e. The predicted octanol–water partition coefficient (Wildman–Crippen LogP) is 3.68. The third kappa shape index (κ3) is 3.78. The molecule has 1 fully saturated rings. The van der Waals surface area contributed by atoms with Crippen LogP contribution in [0.25, 0.3) is 0 Å². The Morgan fingerprint density at radius 3 is 2.18 bits per heavy atom. The zero-order valence-corrected chi connectivity index (χ0v) is 18.2. The standard InChI is InChI=1S/C27H25N3O3/c31-23(28-24(20-11-3-1-4-12-20)21-13-5-2-6-14-21)18-30-25(32)27(29-26(30)33)17-9-15-19-10-7-8-16-22(19)27/h1-8,10-14,16,24H,9,15,17-18H2,(H,28,31)(H,29,33)/t27-/m1/s1. The molecule has 0 aromatic heterocycles. The summed E-state index contributed by atoms with van der Waals surface area (Å²) in [4.78, 5) is 40.4. The largest absolute Gasteiger partial charge is 0.344 e. The Labute approximate surface area is 192 Å². The molecule has 3 aromatic rings. The van der Waals surface area contributed by atoms with Gasteiger partial charge in [0, 0.05) is 0 Å². The Morgan fingerprint density at radius 1 is 0.909 bits per heavy atom. The Balaban J connectivity index is 1.38. The van der Waals surface area contributed by atoms with Crippen LogP contribution in [0.2, 0.25) is 0 Å². The summed E-state index contributed by atoms with van der Waals surface area (Å²) < 4.78 is 0. The molecule has 33 heavy (non-hydrogen) atoms. The highest BCUT2D eigenvalue weighted by molar-refractivity contribution is 6.09. The fourth-order valence-electron chi connectivity index (χ4n) is 4.96. The monoisotopic (exact) mass is 439 g/mol. The summed E-state index contributed by atoms with van der Waals surface area (Å²) in [6, 6.07) is 26.1. The van der Waals surface area contributed by atoms with Gasteiger partial charge in [0.05, 0.1) is 6.04 Å². The lowest BCUT2D eigenvalue weighted by Gasteiger charge is -2.33. The molecule has 6 heteroatoms. The molecule has 0 radical (unpaired) electrons. The number of imide groups is 1. The van der Waals surface area contributed by atoms with Crippen molar-refractivity contribution in [2.24, 2.45) is 0 Å². The molecular weight excluding hydrogens is 414 g/mol. The van der Waals surface area contributed by atoms with E-state index < -0.39 is 17.5 Å². The SMILES string of the molecule is O=C(CN1C(=O)N[C@@]2(CCCc3ccccc32)C1=O)NC(c1ccccc1)c1ccccc1. The van der Waals surface area contributed by atoms with Crippen molar-refractivity contribution in [2.75, 3.05) is 6.54 Å². The third-order valence-electron chi connectivity index (χ3n) is 6.52. The summed E-state index contributed by atoms with van der Waals surface area (Å²) in [6.07, 6.45) is 2.20. The first-order valence-electron chi connectivity index (χ1n) is 11.2. The molecule has 0 saturated carbocycles. The maximum absolute atomic E-state index is 13.5. The van der Waals surface area contributed by atoms with Crippen LogP contribution in [0.3, 0.4) is 0 Å². The third-order valence-corrected chi connectivity index (χ3v) is 6.52. The van der Waals surface area contributed by atoms with Crippen molar-refractivity contribution in [1.29, 1.82) is 0 Å². The second-order valence-corrected chi connectivity index (χ2v) is 8.56. The molecule has 4 amide bonds. The topological polar surface area (TPSA) is 78.5 Å². The number of rotatable bonds is 5. The number of nitrogens with one attached hydrogen (secondary N) is 2. The van der Waals surface area contributed by atoms with Gasteiger partial charge in [-0.05, 0) is 41.5 Å². The summed E-state index contributed by atoms with van der Waals surface area (Å²) in [5.74, 6) is -0.747. The average Bonchev–Trinajstić information content (AvgIpc) is 3.08. The van der Waals surface area contributed by atoms with Gasteiger partial charge in [0.15, 0.2) is 0 Å². The van der Waals surface area contributed by atoms with Crippen LogP contribution in [-0.2, 0) is 21.5 Å². The quantitative estimate of drug-likeness (QED) is 0.596. The van der Waals surface area contributed by atoms with Crippen molar-refractivity contribution in [2.45, 2.75) is 30.8 Å². The lowest BCUT2D eigenvalue weighted by Crippen LogP contribution is -2.47. The molecule has 0 unspecified atom stereocenters. The predicted molar refractivity (Wildman–Crippen MR) is 124 cm³/mol. The van der Waals surface area contributed by atoms with Gasteiger partial charge >= 0.3 is 6.03 Å². The fourth-order valence-corrected chi connectivity index (χ4v) is 4.96. The minimum absolute atomic E-state index is 0.329. The summed E-state index contributed by atoms with van der Waals surface area (Å²) in [5.41, 5.74) is 2.67. The molecular formula is C27H25N3O3. The highest BCUT2D eigenvalue weighted by atomic mass is 16.2. The van der Waals surface area contributed by atoms with Crippen LogP contribution in [0.5, 0.6) is 0 Å². The molecule has 2 N–H and O–H groups in total. The first-order chi connectivity index (χ1) is 16.1. The van der Waals surface area contributed by atoms with Gasteiger partial charge in [0.25, 0.3) is 5.91 Å². The Morgan fingerprint density at radius 2 is 1.52 bits per heavy atom. The number of nitrogens with zero attached hydrogens (tertiary/aromatic N) is 1. The van der Waals surface area contributed by atoms with E-state index in [4.69, 9.17) is 0 Å². The second-order valence-electron chi connectivity index (χ2n) is 8.56. The molecule has 1 saturated heterocycles. The summed E-state index contributed by atoms with van der Waals surface area (Å²) in [5, 5.41) is 5.92. The van der Waals surface area contributed by atoms with Crippen LogP contribution in [0.1, 0.15) is 41.1 Å². The Bertz CT molecular complexity index is 1160. The first-order valence-corrected chi connectivity index (χ1v) is 11.2. The number of urea groups is 1. The van der Waals surface area contributed by atoms with E-state index in [0.29, 0.717) is 6.42 Å². The lowest BCUT2D eigenvalue weighted by atomic mass is 9.76. The van der Waals surface area contributed by atoms with Crippen LogP contribution < -0.4 is 10.6 Å². The molecule has 1 aliphatic heterocycles.